The van der Waals surface area contributed by atoms with Gasteiger partial charge in [-0.2, -0.15) is 11.8 Å². The van der Waals surface area contributed by atoms with Crippen LogP contribution in [0.5, 0.6) is 0 Å². The predicted octanol–water partition coefficient (Wildman–Crippen LogP) is 3.62. The first kappa shape index (κ1) is 13.9. The number of hydrogen-bond donors (Lipinski definition) is 0. The summed E-state index contributed by atoms with van der Waals surface area (Å²) in [6, 6.07) is 0. The number of hydrogen-bond acceptors (Lipinski definition) is 2. The lowest BCUT2D eigenvalue weighted by Crippen LogP contribution is -2.12. The molecular weight excluding hydrogens is 190 g/mol. The van der Waals surface area contributed by atoms with Crippen molar-refractivity contribution in [1.82, 2.24) is 4.90 Å². The Hall–Kier alpha value is -0.110. The largest absolute Gasteiger partial charge is 0.381 e. The van der Waals surface area contributed by atoms with Gasteiger partial charge in [0.25, 0.3) is 0 Å². The van der Waals surface area contributed by atoms with E-state index in [1.807, 2.05) is 11.8 Å². The first-order valence-electron chi connectivity index (χ1n) is 5.50. The lowest BCUT2D eigenvalue weighted by Gasteiger charge is -2.16. The van der Waals surface area contributed by atoms with E-state index in [-0.39, 0.29) is 0 Å². The minimum absolute atomic E-state index is 0.856. The molecule has 0 aromatic heterocycles. The molecule has 84 valence electrons. The smallest absolute Gasteiger partial charge is 0.0328 e. The van der Waals surface area contributed by atoms with Crippen molar-refractivity contribution in [3.8, 4) is 0 Å². The third-order valence-corrected chi connectivity index (χ3v) is 3.70. The molecule has 0 aromatic carbocycles. The van der Waals surface area contributed by atoms with Crippen LogP contribution in [0.4, 0.5) is 0 Å². The maximum atomic E-state index is 4.02. The van der Waals surface area contributed by atoms with Crippen LogP contribution in [0.3, 0.4) is 0 Å². The number of rotatable bonds is 8. The molecule has 0 rings (SSSR count). The Kier molecular flexibility index (Phi) is 8.15. The van der Waals surface area contributed by atoms with E-state index in [0.717, 1.165) is 11.7 Å². The van der Waals surface area contributed by atoms with Crippen LogP contribution in [-0.4, -0.2) is 30.5 Å². The van der Waals surface area contributed by atoms with E-state index >= 15 is 0 Å². The number of thioether (sulfide) groups is 1. The second-order valence-electron chi connectivity index (χ2n) is 4.22. The Morgan fingerprint density at radius 1 is 1.43 bits per heavy atom. The van der Waals surface area contributed by atoms with Crippen LogP contribution < -0.4 is 0 Å². The van der Waals surface area contributed by atoms with Crippen molar-refractivity contribution in [2.45, 2.75) is 33.1 Å². The zero-order chi connectivity index (χ0) is 11.0. The Bertz CT molecular complexity index is 154. The predicted molar refractivity (Wildman–Crippen MR) is 68.8 cm³/mol. The van der Waals surface area contributed by atoms with E-state index in [9.17, 15) is 0 Å². The molecule has 1 atom stereocenters. The molecule has 0 heterocycles. The van der Waals surface area contributed by atoms with Crippen LogP contribution in [0.25, 0.3) is 0 Å². The van der Waals surface area contributed by atoms with Gasteiger partial charge in [0.2, 0.25) is 0 Å². The highest BCUT2D eigenvalue weighted by Gasteiger charge is 2.02. The van der Waals surface area contributed by atoms with Crippen molar-refractivity contribution < 1.29 is 0 Å². The molecule has 0 N–H and O–H groups in total. The highest BCUT2D eigenvalue weighted by molar-refractivity contribution is 7.99. The molecule has 0 aromatic rings. The van der Waals surface area contributed by atoms with Gasteiger partial charge in [0, 0.05) is 25.5 Å². The second kappa shape index (κ2) is 8.22. The normalized spacial score (nSPS) is 12.6. The van der Waals surface area contributed by atoms with Gasteiger partial charge in [-0.25, -0.2) is 0 Å². The summed E-state index contributed by atoms with van der Waals surface area (Å²) >= 11 is 2.01. The Balaban J connectivity index is 3.39. The fraction of sp³-hybridized carbons (Fsp3) is 0.833. The lowest BCUT2D eigenvalue weighted by molar-refractivity contribution is 0.518. The quantitative estimate of drug-likeness (QED) is 0.608. The SMILES string of the molecule is C=C(CSCC(C)CCCC)N(C)C. The zero-order valence-electron chi connectivity index (χ0n) is 10.2. The van der Waals surface area contributed by atoms with Gasteiger partial charge in [-0.1, -0.05) is 33.3 Å². The van der Waals surface area contributed by atoms with Crippen LogP contribution in [-0.2, 0) is 0 Å². The first-order chi connectivity index (χ1) is 6.57. The summed E-state index contributed by atoms with van der Waals surface area (Å²) in [7, 11) is 4.12. The van der Waals surface area contributed by atoms with Crippen LogP contribution >= 0.6 is 11.8 Å². The van der Waals surface area contributed by atoms with Gasteiger partial charge in [0.15, 0.2) is 0 Å². The van der Waals surface area contributed by atoms with Crippen molar-refractivity contribution >= 4 is 11.8 Å². The highest BCUT2D eigenvalue weighted by Crippen LogP contribution is 2.16. The van der Waals surface area contributed by atoms with Crippen LogP contribution in [0.1, 0.15) is 33.1 Å². The summed E-state index contributed by atoms with van der Waals surface area (Å²) in [5, 5.41) is 0. The number of nitrogens with zero attached hydrogens (tertiary/aromatic N) is 1. The van der Waals surface area contributed by atoms with Gasteiger partial charge in [0.05, 0.1) is 0 Å². The molecule has 2 heteroatoms. The van der Waals surface area contributed by atoms with Crippen molar-refractivity contribution in [2.75, 3.05) is 25.6 Å². The van der Waals surface area contributed by atoms with Crippen molar-refractivity contribution in [3.05, 3.63) is 12.3 Å². The van der Waals surface area contributed by atoms with Crippen LogP contribution in [0.2, 0.25) is 0 Å². The van der Waals surface area contributed by atoms with E-state index in [0.29, 0.717) is 0 Å². The molecule has 0 bridgehead atoms. The Labute approximate surface area is 93.9 Å². The molecule has 0 saturated carbocycles. The molecular formula is C12H25NS. The molecule has 0 fully saturated rings. The average Bonchev–Trinajstić information content (AvgIpc) is 2.14. The van der Waals surface area contributed by atoms with E-state index in [2.05, 4.69) is 39.4 Å². The first-order valence-corrected chi connectivity index (χ1v) is 6.66. The molecule has 0 amide bonds. The monoisotopic (exact) mass is 215 g/mol. The van der Waals surface area contributed by atoms with Crippen molar-refractivity contribution in [1.29, 1.82) is 0 Å². The second-order valence-corrected chi connectivity index (χ2v) is 5.25. The summed E-state index contributed by atoms with van der Waals surface area (Å²) in [5.41, 5.74) is 1.22. The van der Waals surface area contributed by atoms with Gasteiger partial charge in [-0.15, -0.1) is 0 Å². The summed E-state index contributed by atoms with van der Waals surface area (Å²) in [5.74, 6) is 3.20. The fourth-order valence-corrected chi connectivity index (χ4v) is 2.32. The van der Waals surface area contributed by atoms with Gasteiger partial charge >= 0.3 is 0 Å². The highest BCUT2D eigenvalue weighted by atomic mass is 32.2. The third kappa shape index (κ3) is 7.31. The van der Waals surface area contributed by atoms with E-state index in [1.54, 1.807) is 0 Å². The lowest BCUT2D eigenvalue weighted by atomic mass is 10.1. The Morgan fingerprint density at radius 3 is 2.57 bits per heavy atom. The molecule has 0 spiro atoms. The maximum absolute atomic E-state index is 4.02. The zero-order valence-corrected chi connectivity index (χ0v) is 11.0. The summed E-state index contributed by atoms with van der Waals surface area (Å²) in [6.07, 6.45) is 4.06. The summed E-state index contributed by atoms with van der Waals surface area (Å²) in [6.45, 7) is 8.62. The maximum Gasteiger partial charge on any atom is 0.0328 e. The molecule has 0 aliphatic carbocycles. The van der Waals surface area contributed by atoms with Crippen LogP contribution in [0, 0.1) is 5.92 Å². The minimum atomic E-state index is 0.856. The summed E-state index contributed by atoms with van der Waals surface area (Å²) < 4.78 is 0. The van der Waals surface area contributed by atoms with Crippen molar-refractivity contribution in [3.63, 3.8) is 0 Å². The molecule has 0 radical (unpaired) electrons. The standard InChI is InChI=1S/C12H25NS/c1-6-7-8-11(2)9-14-10-12(3)13(4)5/h11H,3,6-10H2,1-2,4-5H3. The van der Waals surface area contributed by atoms with E-state index < -0.39 is 0 Å². The summed E-state index contributed by atoms with van der Waals surface area (Å²) in [4.78, 5) is 2.10. The van der Waals surface area contributed by atoms with Gasteiger partial charge in [0.1, 0.15) is 0 Å². The molecule has 1 unspecified atom stereocenters. The third-order valence-electron chi connectivity index (χ3n) is 2.35. The molecule has 14 heavy (non-hydrogen) atoms. The van der Waals surface area contributed by atoms with Crippen molar-refractivity contribution in [2.24, 2.45) is 5.92 Å². The number of unbranched alkanes of at least 4 members (excludes halogenated alkanes) is 1. The minimum Gasteiger partial charge on any atom is -0.381 e. The molecule has 0 aliphatic rings. The van der Waals surface area contributed by atoms with E-state index in [4.69, 9.17) is 0 Å². The molecule has 0 saturated heterocycles. The fourth-order valence-electron chi connectivity index (χ4n) is 1.14. The van der Waals surface area contributed by atoms with Gasteiger partial charge in [-0.3, -0.25) is 0 Å². The average molecular weight is 215 g/mol. The van der Waals surface area contributed by atoms with Gasteiger partial charge < -0.3 is 4.90 Å². The topological polar surface area (TPSA) is 3.24 Å². The molecule has 0 aliphatic heterocycles. The van der Waals surface area contributed by atoms with Crippen LogP contribution in [0.15, 0.2) is 12.3 Å². The molecule has 1 nitrogen and oxygen atoms in total. The Morgan fingerprint density at radius 2 is 2.07 bits per heavy atom. The van der Waals surface area contributed by atoms with E-state index in [1.165, 1.54) is 30.7 Å². The van der Waals surface area contributed by atoms with Gasteiger partial charge in [-0.05, 0) is 18.1 Å².